The van der Waals surface area contributed by atoms with Gasteiger partial charge in [0.2, 0.25) is 5.91 Å². The van der Waals surface area contributed by atoms with Crippen molar-refractivity contribution in [3.63, 3.8) is 0 Å². The van der Waals surface area contributed by atoms with Gasteiger partial charge in [0.25, 0.3) is 5.56 Å². The molecular formula is C24H21N3O4S. The third kappa shape index (κ3) is 4.65. The van der Waals surface area contributed by atoms with Gasteiger partial charge in [0.1, 0.15) is 5.76 Å². The van der Waals surface area contributed by atoms with Crippen LogP contribution in [0, 0.1) is 0 Å². The summed E-state index contributed by atoms with van der Waals surface area (Å²) < 4.78 is 6.96. The smallest absolute Gasteiger partial charge is 0.262 e. The Hall–Kier alpha value is -3.65. The molecule has 7 nitrogen and oxygen atoms in total. The Morgan fingerprint density at radius 2 is 1.84 bits per heavy atom. The Balaban J connectivity index is 1.64. The van der Waals surface area contributed by atoms with Gasteiger partial charge in [-0.15, -0.1) is 0 Å². The van der Waals surface area contributed by atoms with Crippen molar-refractivity contribution < 1.29 is 14.0 Å². The minimum atomic E-state index is -0.488. The number of Topliss-reactive ketones (excluding diaryl/α,β-unsaturated/α-hetero) is 1. The van der Waals surface area contributed by atoms with Gasteiger partial charge in [-0.3, -0.25) is 19.0 Å². The van der Waals surface area contributed by atoms with E-state index in [0.717, 1.165) is 0 Å². The fraction of sp³-hybridized carbons (Fsp3) is 0.167. The van der Waals surface area contributed by atoms with Crippen molar-refractivity contribution in [2.75, 3.05) is 5.32 Å². The third-order valence-corrected chi connectivity index (χ3v) is 5.95. The fourth-order valence-corrected chi connectivity index (χ4v) is 4.29. The minimum absolute atomic E-state index is 0.101. The number of thioether (sulfide) groups is 1. The lowest BCUT2D eigenvalue weighted by molar-refractivity contribution is -0.114. The minimum Gasteiger partial charge on any atom is -0.467 e. The molecule has 8 heteroatoms. The lowest BCUT2D eigenvalue weighted by Gasteiger charge is -2.15. The molecule has 1 atom stereocenters. The Morgan fingerprint density at radius 3 is 2.53 bits per heavy atom. The first-order valence-corrected chi connectivity index (χ1v) is 10.9. The first-order valence-electron chi connectivity index (χ1n) is 10.0. The van der Waals surface area contributed by atoms with Crippen molar-refractivity contribution in [3.8, 4) is 0 Å². The number of carbonyl (C=O) groups excluding carboxylic acids is 2. The van der Waals surface area contributed by atoms with Crippen LogP contribution in [0.3, 0.4) is 0 Å². The van der Waals surface area contributed by atoms with Crippen molar-refractivity contribution >= 4 is 40.0 Å². The van der Waals surface area contributed by atoms with Crippen LogP contribution in [0.15, 0.2) is 81.3 Å². The molecule has 0 saturated carbocycles. The molecule has 4 aromatic rings. The standard InChI is InChI=1S/C24H21N3O4S/c1-15(22(29)17-9-11-18(12-10-17)25-16(2)28)32-24-26-21-8-4-3-7-20(21)23(30)27(24)14-19-6-5-13-31-19/h3-13,15H,14H2,1-2H3,(H,25,28). The summed E-state index contributed by atoms with van der Waals surface area (Å²) in [5.74, 6) is 0.347. The van der Waals surface area contributed by atoms with Gasteiger partial charge in [-0.05, 0) is 55.5 Å². The lowest BCUT2D eigenvalue weighted by atomic mass is 10.1. The molecule has 0 aliphatic carbocycles. The van der Waals surface area contributed by atoms with Crippen LogP contribution >= 0.6 is 11.8 Å². The normalized spacial score (nSPS) is 11.9. The molecule has 0 bridgehead atoms. The molecule has 0 aliphatic rings. The number of rotatable bonds is 7. The van der Waals surface area contributed by atoms with Gasteiger partial charge in [0.15, 0.2) is 10.9 Å². The maximum absolute atomic E-state index is 13.2. The van der Waals surface area contributed by atoms with E-state index in [1.807, 2.05) is 6.07 Å². The molecule has 0 saturated heterocycles. The number of benzene rings is 2. The Bertz CT molecular complexity index is 1330. The lowest BCUT2D eigenvalue weighted by Crippen LogP contribution is -2.25. The van der Waals surface area contributed by atoms with E-state index in [1.165, 1.54) is 23.3 Å². The number of para-hydroxylation sites is 1. The summed E-state index contributed by atoms with van der Waals surface area (Å²) >= 11 is 1.23. The topological polar surface area (TPSA) is 94.2 Å². The van der Waals surface area contributed by atoms with Crippen molar-refractivity contribution in [1.82, 2.24) is 9.55 Å². The molecule has 1 N–H and O–H groups in total. The highest BCUT2D eigenvalue weighted by atomic mass is 32.2. The predicted octanol–water partition coefficient (Wildman–Crippen LogP) is 4.36. The first-order chi connectivity index (χ1) is 15.4. The second-order valence-electron chi connectivity index (χ2n) is 7.27. The maximum atomic E-state index is 13.2. The van der Waals surface area contributed by atoms with E-state index in [-0.39, 0.29) is 23.8 Å². The zero-order chi connectivity index (χ0) is 22.7. The number of ketones is 1. The van der Waals surface area contributed by atoms with Gasteiger partial charge in [0, 0.05) is 18.2 Å². The Kier molecular flexibility index (Phi) is 6.23. The number of hydrogen-bond donors (Lipinski definition) is 1. The number of carbonyl (C=O) groups is 2. The molecule has 1 unspecified atom stereocenters. The molecule has 162 valence electrons. The number of fused-ring (bicyclic) bond motifs is 1. The molecule has 0 fully saturated rings. The average molecular weight is 448 g/mol. The van der Waals surface area contributed by atoms with E-state index >= 15 is 0 Å². The summed E-state index contributed by atoms with van der Waals surface area (Å²) in [5, 5.41) is 3.15. The molecule has 2 aromatic heterocycles. The zero-order valence-electron chi connectivity index (χ0n) is 17.6. The third-order valence-electron chi connectivity index (χ3n) is 4.86. The van der Waals surface area contributed by atoms with Crippen LogP contribution < -0.4 is 10.9 Å². The van der Waals surface area contributed by atoms with Crippen molar-refractivity contribution in [2.45, 2.75) is 30.8 Å². The summed E-state index contributed by atoms with van der Waals surface area (Å²) in [6.45, 7) is 3.43. The van der Waals surface area contributed by atoms with Crippen LogP contribution in [-0.2, 0) is 11.3 Å². The maximum Gasteiger partial charge on any atom is 0.262 e. The molecule has 0 aliphatic heterocycles. The number of furan rings is 1. The monoisotopic (exact) mass is 447 g/mol. The summed E-state index contributed by atoms with van der Waals surface area (Å²) in [6, 6.07) is 17.4. The van der Waals surface area contributed by atoms with Crippen molar-refractivity contribution in [2.24, 2.45) is 0 Å². The number of amides is 1. The number of nitrogens with zero attached hydrogens (tertiary/aromatic N) is 2. The van der Waals surface area contributed by atoms with E-state index in [4.69, 9.17) is 4.42 Å². The molecule has 4 rings (SSSR count). The fourth-order valence-electron chi connectivity index (χ4n) is 3.30. The van der Waals surface area contributed by atoms with E-state index in [9.17, 15) is 14.4 Å². The number of nitrogens with one attached hydrogen (secondary N) is 1. The van der Waals surface area contributed by atoms with Crippen molar-refractivity contribution in [1.29, 1.82) is 0 Å². The largest absolute Gasteiger partial charge is 0.467 e. The van der Waals surface area contributed by atoms with Crippen LogP contribution in [0.2, 0.25) is 0 Å². The van der Waals surface area contributed by atoms with Gasteiger partial charge < -0.3 is 9.73 Å². The van der Waals surface area contributed by atoms with Gasteiger partial charge >= 0.3 is 0 Å². The van der Waals surface area contributed by atoms with Gasteiger partial charge in [0.05, 0.1) is 29.0 Å². The van der Waals surface area contributed by atoms with Gasteiger partial charge in [-0.2, -0.15) is 0 Å². The van der Waals surface area contributed by atoms with E-state index in [0.29, 0.717) is 33.1 Å². The summed E-state index contributed by atoms with van der Waals surface area (Å²) in [5.41, 5.74) is 1.53. The molecule has 1 amide bonds. The van der Waals surface area contributed by atoms with E-state index in [2.05, 4.69) is 10.3 Å². The Morgan fingerprint density at radius 1 is 1.09 bits per heavy atom. The molecule has 0 radical (unpaired) electrons. The van der Waals surface area contributed by atoms with Crippen LogP contribution in [0.1, 0.15) is 30.0 Å². The van der Waals surface area contributed by atoms with Crippen LogP contribution in [0.5, 0.6) is 0 Å². The summed E-state index contributed by atoms with van der Waals surface area (Å²) in [6.07, 6.45) is 1.55. The molecule has 0 spiro atoms. The van der Waals surface area contributed by atoms with Crippen LogP contribution in [0.25, 0.3) is 10.9 Å². The molecule has 32 heavy (non-hydrogen) atoms. The zero-order valence-corrected chi connectivity index (χ0v) is 18.4. The van der Waals surface area contributed by atoms with Crippen LogP contribution in [-0.4, -0.2) is 26.5 Å². The number of aromatic nitrogens is 2. The van der Waals surface area contributed by atoms with E-state index < -0.39 is 5.25 Å². The molecular weight excluding hydrogens is 426 g/mol. The molecule has 2 aromatic carbocycles. The summed E-state index contributed by atoms with van der Waals surface area (Å²) in [7, 11) is 0. The number of anilines is 1. The molecule has 2 heterocycles. The highest BCUT2D eigenvalue weighted by Crippen LogP contribution is 2.26. The highest BCUT2D eigenvalue weighted by Gasteiger charge is 2.21. The van der Waals surface area contributed by atoms with E-state index in [1.54, 1.807) is 67.8 Å². The van der Waals surface area contributed by atoms with Gasteiger partial charge in [-0.1, -0.05) is 23.9 Å². The second-order valence-corrected chi connectivity index (χ2v) is 8.57. The highest BCUT2D eigenvalue weighted by molar-refractivity contribution is 8.00. The summed E-state index contributed by atoms with van der Waals surface area (Å²) in [4.78, 5) is 42.0. The van der Waals surface area contributed by atoms with Crippen LogP contribution in [0.4, 0.5) is 5.69 Å². The quantitative estimate of drug-likeness (QED) is 0.257. The SMILES string of the molecule is CC(=O)Nc1ccc(C(=O)C(C)Sc2nc3ccccc3c(=O)n2Cc2ccco2)cc1. The first kappa shape index (κ1) is 21.6. The predicted molar refractivity (Wildman–Crippen MR) is 124 cm³/mol. The Labute approximate surface area is 188 Å². The number of hydrogen-bond acceptors (Lipinski definition) is 6. The second kappa shape index (κ2) is 9.23. The van der Waals surface area contributed by atoms with Crippen molar-refractivity contribution in [3.05, 3.63) is 88.6 Å². The van der Waals surface area contributed by atoms with Gasteiger partial charge in [-0.25, -0.2) is 4.98 Å². The average Bonchev–Trinajstić information content (AvgIpc) is 3.29.